The van der Waals surface area contributed by atoms with Crippen LogP contribution in [0, 0.1) is 12.8 Å². The molecule has 6 nitrogen and oxygen atoms in total. The number of halogens is 1. The molecule has 0 saturated heterocycles. The van der Waals surface area contributed by atoms with Crippen molar-refractivity contribution in [1.82, 2.24) is 10.3 Å². The SMILES string of the molecule is Cc1ccc2nc(-c3ccc(NC(=O)CNC(=O)[C@@H](N)C(C)C)cc3)sc2c1.Cl. The van der Waals surface area contributed by atoms with Crippen molar-refractivity contribution in [2.45, 2.75) is 26.8 Å². The lowest BCUT2D eigenvalue weighted by atomic mass is 10.1. The summed E-state index contributed by atoms with van der Waals surface area (Å²) >= 11 is 1.64. The number of aromatic nitrogens is 1. The molecule has 3 aromatic rings. The van der Waals surface area contributed by atoms with Crippen LogP contribution in [-0.2, 0) is 9.59 Å². The number of nitrogens with zero attached hydrogens (tertiary/aromatic N) is 1. The zero-order valence-electron chi connectivity index (χ0n) is 16.6. The molecule has 29 heavy (non-hydrogen) atoms. The van der Waals surface area contributed by atoms with Crippen LogP contribution in [0.1, 0.15) is 19.4 Å². The molecule has 3 rings (SSSR count). The van der Waals surface area contributed by atoms with Gasteiger partial charge in [0, 0.05) is 11.3 Å². The lowest BCUT2D eigenvalue weighted by Gasteiger charge is -2.15. The Bertz CT molecular complexity index is 1000. The van der Waals surface area contributed by atoms with E-state index in [1.807, 2.05) is 44.2 Å². The molecule has 2 amide bonds. The van der Waals surface area contributed by atoms with Crippen molar-refractivity contribution in [3.05, 3.63) is 48.0 Å². The molecule has 2 aromatic carbocycles. The van der Waals surface area contributed by atoms with E-state index in [-0.39, 0.29) is 36.7 Å². The third-order valence-corrected chi connectivity index (χ3v) is 5.47. The van der Waals surface area contributed by atoms with Crippen LogP contribution >= 0.6 is 23.7 Å². The molecule has 0 aliphatic heterocycles. The number of thiazole rings is 1. The Labute approximate surface area is 180 Å². The van der Waals surface area contributed by atoms with Crippen LogP contribution < -0.4 is 16.4 Å². The zero-order chi connectivity index (χ0) is 20.3. The summed E-state index contributed by atoms with van der Waals surface area (Å²) in [5.41, 5.74) is 9.61. The van der Waals surface area contributed by atoms with Gasteiger partial charge in [0.2, 0.25) is 11.8 Å². The van der Waals surface area contributed by atoms with Crippen molar-refractivity contribution < 1.29 is 9.59 Å². The van der Waals surface area contributed by atoms with Crippen LogP contribution in [-0.4, -0.2) is 29.4 Å². The molecule has 0 aliphatic rings. The van der Waals surface area contributed by atoms with Crippen LogP contribution in [0.5, 0.6) is 0 Å². The maximum atomic E-state index is 12.0. The van der Waals surface area contributed by atoms with E-state index in [4.69, 9.17) is 5.73 Å². The van der Waals surface area contributed by atoms with Gasteiger partial charge in [0.1, 0.15) is 5.01 Å². The molecule has 1 heterocycles. The smallest absolute Gasteiger partial charge is 0.243 e. The molecule has 4 N–H and O–H groups in total. The largest absolute Gasteiger partial charge is 0.346 e. The molecule has 0 unspecified atom stereocenters. The monoisotopic (exact) mass is 432 g/mol. The lowest BCUT2D eigenvalue weighted by Crippen LogP contribution is -2.46. The fraction of sp³-hybridized carbons (Fsp3) is 0.286. The van der Waals surface area contributed by atoms with Crippen molar-refractivity contribution in [3.63, 3.8) is 0 Å². The number of amides is 2. The highest BCUT2D eigenvalue weighted by Gasteiger charge is 2.17. The molecule has 0 spiro atoms. The standard InChI is InChI=1S/C21H24N4O2S.ClH/c1-12(2)19(22)20(27)23-11-18(26)24-15-7-5-14(6-8-15)21-25-16-9-4-13(3)10-17(16)28-21;/h4-10,12,19H,11,22H2,1-3H3,(H,23,27)(H,24,26);1H/t19-;/m0./s1. The maximum absolute atomic E-state index is 12.0. The Balaban J connectivity index is 0.00000300. The van der Waals surface area contributed by atoms with Crippen LogP contribution in [0.2, 0.25) is 0 Å². The number of fused-ring (bicyclic) bond motifs is 1. The number of aryl methyl sites for hydroxylation is 1. The number of nitrogens with two attached hydrogens (primary N) is 1. The second-order valence-corrected chi connectivity index (χ2v) is 8.13. The second kappa shape index (κ2) is 9.82. The van der Waals surface area contributed by atoms with Gasteiger partial charge in [0.15, 0.2) is 0 Å². The van der Waals surface area contributed by atoms with E-state index in [0.717, 1.165) is 20.8 Å². The number of anilines is 1. The summed E-state index contributed by atoms with van der Waals surface area (Å²) in [6, 6.07) is 13.1. The van der Waals surface area contributed by atoms with Crippen LogP contribution in [0.4, 0.5) is 5.69 Å². The van der Waals surface area contributed by atoms with Gasteiger partial charge in [-0.05, 0) is 54.8 Å². The van der Waals surface area contributed by atoms with E-state index in [0.29, 0.717) is 5.69 Å². The van der Waals surface area contributed by atoms with Gasteiger partial charge in [-0.1, -0.05) is 19.9 Å². The summed E-state index contributed by atoms with van der Waals surface area (Å²) in [5.74, 6) is -0.610. The van der Waals surface area contributed by atoms with Crippen LogP contribution in [0.15, 0.2) is 42.5 Å². The first-order chi connectivity index (χ1) is 13.3. The van der Waals surface area contributed by atoms with Crippen molar-refractivity contribution in [2.75, 3.05) is 11.9 Å². The highest BCUT2D eigenvalue weighted by Crippen LogP contribution is 2.31. The Morgan fingerprint density at radius 3 is 2.48 bits per heavy atom. The number of benzene rings is 2. The number of nitrogens with one attached hydrogen (secondary N) is 2. The summed E-state index contributed by atoms with van der Waals surface area (Å²) in [4.78, 5) is 28.5. The van der Waals surface area contributed by atoms with Crippen molar-refractivity contribution in [3.8, 4) is 10.6 Å². The van der Waals surface area contributed by atoms with E-state index in [9.17, 15) is 9.59 Å². The zero-order valence-corrected chi connectivity index (χ0v) is 18.2. The van der Waals surface area contributed by atoms with Crippen molar-refractivity contribution >= 4 is 51.5 Å². The molecular formula is C21H25ClN4O2S. The number of hydrogen-bond acceptors (Lipinski definition) is 5. The van der Waals surface area contributed by atoms with Gasteiger partial charge in [0.05, 0.1) is 22.8 Å². The number of carbonyl (C=O) groups is 2. The average molecular weight is 433 g/mol. The molecule has 154 valence electrons. The summed E-state index contributed by atoms with van der Waals surface area (Å²) in [6.45, 7) is 5.67. The summed E-state index contributed by atoms with van der Waals surface area (Å²) in [6.07, 6.45) is 0. The van der Waals surface area contributed by atoms with E-state index in [1.54, 1.807) is 11.3 Å². The topological polar surface area (TPSA) is 97.1 Å². The van der Waals surface area contributed by atoms with Crippen molar-refractivity contribution in [1.29, 1.82) is 0 Å². The van der Waals surface area contributed by atoms with Gasteiger partial charge in [0.25, 0.3) is 0 Å². The summed E-state index contributed by atoms with van der Waals surface area (Å²) in [5, 5.41) is 6.26. The molecule has 0 bridgehead atoms. The quantitative estimate of drug-likeness (QED) is 0.552. The van der Waals surface area contributed by atoms with Crippen molar-refractivity contribution in [2.24, 2.45) is 11.7 Å². The molecule has 0 aliphatic carbocycles. The Morgan fingerprint density at radius 2 is 1.83 bits per heavy atom. The Hall–Kier alpha value is -2.48. The Kier molecular flexibility index (Phi) is 7.73. The molecule has 1 aromatic heterocycles. The second-order valence-electron chi connectivity index (χ2n) is 7.10. The minimum Gasteiger partial charge on any atom is -0.346 e. The van der Waals surface area contributed by atoms with Gasteiger partial charge in [-0.2, -0.15) is 0 Å². The summed E-state index contributed by atoms with van der Waals surface area (Å²) < 4.78 is 1.16. The first-order valence-electron chi connectivity index (χ1n) is 9.14. The first-order valence-corrected chi connectivity index (χ1v) is 9.96. The van der Waals surface area contributed by atoms with E-state index < -0.39 is 6.04 Å². The number of hydrogen-bond donors (Lipinski definition) is 3. The fourth-order valence-corrected chi connectivity index (χ4v) is 3.71. The van der Waals surface area contributed by atoms with Crippen LogP contribution in [0.25, 0.3) is 20.8 Å². The van der Waals surface area contributed by atoms with E-state index in [1.165, 1.54) is 5.56 Å². The number of rotatable bonds is 6. The van der Waals surface area contributed by atoms with Crippen LogP contribution in [0.3, 0.4) is 0 Å². The van der Waals surface area contributed by atoms with Gasteiger partial charge >= 0.3 is 0 Å². The van der Waals surface area contributed by atoms with Gasteiger partial charge in [-0.25, -0.2) is 4.98 Å². The van der Waals surface area contributed by atoms with Gasteiger partial charge in [-0.15, -0.1) is 23.7 Å². The maximum Gasteiger partial charge on any atom is 0.243 e. The minimum absolute atomic E-state index is 0. The Morgan fingerprint density at radius 1 is 1.14 bits per heavy atom. The molecular weight excluding hydrogens is 408 g/mol. The summed E-state index contributed by atoms with van der Waals surface area (Å²) in [7, 11) is 0. The van der Waals surface area contributed by atoms with E-state index >= 15 is 0 Å². The lowest BCUT2D eigenvalue weighted by molar-refractivity contribution is -0.125. The van der Waals surface area contributed by atoms with Gasteiger partial charge in [-0.3, -0.25) is 9.59 Å². The molecule has 0 fully saturated rings. The molecule has 0 radical (unpaired) electrons. The fourth-order valence-electron chi connectivity index (χ4n) is 2.64. The minimum atomic E-state index is -0.621. The number of carbonyl (C=O) groups excluding carboxylic acids is 2. The average Bonchev–Trinajstić information content (AvgIpc) is 3.09. The van der Waals surface area contributed by atoms with Gasteiger partial charge < -0.3 is 16.4 Å². The molecule has 0 saturated carbocycles. The third-order valence-electron chi connectivity index (χ3n) is 4.40. The normalized spacial score (nSPS) is 11.8. The third kappa shape index (κ3) is 5.76. The highest BCUT2D eigenvalue weighted by atomic mass is 35.5. The molecule has 1 atom stereocenters. The predicted molar refractivity (Wildman–Crippen MR) is 121 cm³/mol. The predicted octanol–water partition coefficient (Wildman–Crippen LogP) is 3.73. The highest BCUT2D eigenvalue weighted by molar-refractivity contribution is 7.21. The van der Waals surface area contributed by atoms with E-state index in [2.05, 4.69) is 34.7 Å². The molecule has 8 heteroatoms. The first kappa shape index (κ1) is 22.8.